The summed E-state index contributed by atoms with van der Waals surface area (Å²) in [6, 6.07) is 2.01. The number of likely N-dealkylation sites (tertiary alicyclic amines) is 1. The topological polar surface area (TPSA) is 101 Å². The fourth-order valence-electron chi connectivity index (χ4n) is 4.36. The monoisotopic (exact) mass is 400 g/mol. The molecule has 2 aliphatic rings. The molecule has 8 nitrogen and oxygen atoms in total. The van der Waals surface area contributed by atoms with Crippen LogP contribution in [0, 0.1) is 13.8 Å². The first-order valence-electron chi connectivity index (χ1n) is 10.5. The summed E-state index contributed by atoms with van der Waals surface area (Å²) in [5.41, 5.74) is 2.46. The number of hydrogen-bond acceptors (Lipinski definition) is 6. The van der Waals surface area contributed by atoms with Gasteiger partial charge in [-0.3, -0.25) is 9.59 Å². The summed E-state index contributed by atoms with van der Waals surface area (Å²) >= 11 is 0. The zero-order valence-electron chi connectivity index (χ0n) is 17.1. The van der Waals surface area contributed by atoms with Gasteiger partial charge < -0.3 is 19.3 Å². The van der Waals surface area contributed by atoms with Crippen molar-refractivity contribution in [2.45, 2.75) is 70.8 Å². The minimum absolute atomic E-state index is 0.0923. The SMILES string of the molecule is Cc1noc(C)c1CC(=O)N1CCC(c2cc(C(=O)NC3CCCC3)on2)CC1. The van der Waals surface area contributed by atoms with Gasteiger partial charge in [-0.25, -0.2) is 0 Å². The highest BCUT2D eigenvalue weighted by molar-refractivity contribution is 5.91. The van der Waals surface area contributed by atoms with Gasteiger partial charge in [-0.1, -0.05) is 23.2 Å². The molecule has 2 aromatic rings. The second-order valence-corrected chi connectivity index (χ2v) is 8.21. The van der Waals surface area contributed by atoms with E-state index < -0.39 is 0 Å². The van der Waals surface area contributed by atoms with Crippen LogP contribution in [0.2, 0.25) is 0 Å². The van der Waals surface area contributed by atoms with E-state index in [9.17, 15) is 9.59 Å². The molecule has 1 N–H and O–H groups in total. The first-order chi connectivity index (χ1) is 14.0. The van der Waals surface area contributed by atoms with Crippen molar-refractivity contribution in [3.8, 4) is 0 Å². The Bertz CT molecular complexity index is 854. The van der Waals surface area contributed by atoms with Gasteiger partial charge >= 0.3 is 0 Å². The minimum Gasteiger partial charge on any atom is -0.361 e. The molecule has 8 heteroatoms. The van der Waals surface area contributed by atoms with E-state index in [-0.39, 0.29) is 29.5 Å². The standard InChI is InChI=1S/C21H28N4O4/c1-13-17(14(2)28-23-13)11-20(26)25-9-7-15(8-10-25)18-12-19(29-24-18)21(27)22-16-5-3-4-6-16/h12,15-16H,3-11H2,1-2H3,(H,22,27). The fraction of sp³-hybridized carbons (Fsp3) is 0.619. The predicted octanol–water partition coefficient (Wildman–Crippen LogP) is 2.90. The Morgan fingerprint density at radius 2 is 1.83 bits per heavy atom. The average molecular weight is 400 g/mol. The molecule has 2 amide bonds. The maximum Gasteiger partial charge on any atom is 0.290 e. The normalized spacial score (nSPS) is 18.3. The van der Waals surface area contributed by atoms with Gasteiger partial charge in [0.1, 0.15) is 5.76 Å². The summed E-state index contributed by atoms with van der Waals surface area (Å²) in [6.45, 7) is 5.03. The molecule has 2 fully saturated rings. The van der Waals surface area contributed by atoms with Gasteiger partial charge in [0.25, 0.3) is 5.91 Å². The van der Waals surface area contributed by atoms with Gasteiger partial charge in [0.05, 0.1) is 17.8 Å². The van der Waals surface area contributed by atoms with Crippen molar-refractivity contribution in [2.24, 2.45) is 0 Å². The highest BCUT2D eigenvalue weighted by atomic mass is 16.5. The van der Waals surface area contributed by atoms with Crippen LogP contribution in [0.3, 0.4) is 0 Å². The van der Waals surface area contributed by atoms with E-state index in [1.165, 1.54) is 12.8 Å². The van der Waals surface area contributed by atoms with Crippen molar-refractivity contribution < 1.29 is 18.6 Å². The molecule has 1 saturated heterocycles. The van der Waals surface area contributed by atoms with E-state index in [0.717, 1.165) is 42.6 Å². The Labute approximate surface area is 170 Å². The van der Waals surface area contributed by atoms with Crippen LogP contribution in [-0.4, -0.2) is 46.2 Å². The van der Waals surface area contributed by atoms with Crippen LogP contribution in [0.1, 0.15) is 77.7 Å². The second-order valence-electron chi connectivity index (χ2n) is 8.21. The van der Waals surface area contributed by atoms with Crippen LogP contribution < -0.4 is 5.32 Å². The zero-order valence-corrected chi connectivity index (χ0v) is 17.1. The smallest absolute Gasteiger partial charge is 0.290 e. The lowest BCUT2D eigenvalue weighted by molar-refractivity contribution is -0.131. The van der Waals surface area contributed by atoms with E-state index in [2.05, 4.69) is 15.6 Å². The molecule has 0 aromatic carbocycles. The van der Waals surface area contributed by atoms with Crippen molar-refractivity contribution in [1.82, 2.24) is 20.5 Å². The van der Waals surface area contributed by atoms with Crippen LogP contribution >= 0.6 is 0 Å². The van der Waals surface area contributed by atoms with Crippen LogP contribution in [0.5, 0.6) is 0 Å². The van der Waals surface area contributed by atoms with Crippen molar-refractivity contribution in [3.63, 3.8) is 0 Å². The lowest BCUT2D eigenvalue weighted by Gasteiger charge is -2.31. The van der Waals surface area contributed by atoms with Crippen molar-refractivity contribution in [1.29, 1.82) is 0 Å². The van der Waals surface area contributed by atoms with Gasteiger partial charge in [0.2, 0.25) is 11.7 Å². The minimum atomic E-state index is -0.178. The molecule has 0 bridgehead atoms. The van der Waals surface area contributed by atoms with Crippen LogP contribution in [0.15, 0.2) is 15.1 Å². The van der Waals surface area contributed by atoms with E-state index in [1.807, 2.05) is 18.7 Å². The van der Waals surface area contributed by atoms with Crippen LogP contribution in [0.25, 0.3) is 0 Å². The van der Waals surface area contributed by atoms with E-state index >= 15 is 0 Å². The van der Waals surface area contributed by atoms with Gasteiger partial charge in [0.15, 0.2) is 0 Å². The Balaban J connectivity index is 1.30. The Hall–Kier alpha value is -2.64. The summed E-state index contributed by atoms with van der Waals surface area (Å²) in [6.07, 6.45) is 6.34. The molecule has 1 aliphatic carbocycles. The third kappa shape index (κ3) is 4.36. The number of amides is 2. The van der Waals surface area contributed by atoms with Gasteiger partial charge in [-0.05, 0) is 39.5 Å². The van der Waals surface area contributed by atoms with Crippen molar-refractivity contribution in [3.05, 3.63) is 34.5 Å². The van der Waals surface area contributed by atoms with Gasteiger partial charge in [-0.2, -0.15) is 0 Å². The third-order valence-corrected chi connectivity index (χ3v) is 6.22. The molecular weight excluding hydrogens is 372 g/mol. The zero-order chi connectivity index (χ0) is 20.4. The van der Waals surface area contributed by atoms with Crippen molar-refractivity contribution in [2.75, 3.05) is 13.1 Å². The molecule has 2 aromatic heterocycles. The van der Waals surface area contributed by atoms with E-state index in [4.69, 9.17) is 9.05 Å². The lowest BCUT2D eigenvalue weighted by atomic mass is 9.93. The molecule has 0 atom stereocenters. The number of piperidine rings is 1. The number of hydrogen-bond donors (Lipinski definition) is 1. The fourth-order valence-corrected chi connectivity index (χ4v) is 4.36. The predicted molar refractivity (Wildman–Crippen MR) is 104 cm³/mol. The first-order valence-corrected chi connectivity index (χ1v) is 10.5. The maximum absolute atomic E-state index is 12.6. The molecule has 1 saturated carbocycles. The molecule has 3 heterocycles. The number of nitrogens with zero attached hydrogens (tertiary/aromatic N) is 3. The number of carbonyl (C=O) groups is 2. The van der Waals surface area contributed by atoms with Gasteiger partial charge in [0, 0.05) is 36.7 Å². The Morgan fingerprint density at radius 3 is 2.48 bits per heavy atom. The number of aromatic nitrogens is 2. The summed E-state index contributed by atoms with van der Waals surface area (Å²) in [4.78, 5) is 26.9. The second kappa shape index (κ2) is 8.39. The third-order valence-electron chi connectivity index (χ3n) is 6.22. The van der Waals surface area contributed by atoms with E-state index in [0.29, 0.717) is 25.3 Å². The number of rotatable bonds is 5. The van der Waals surface area contributed by atoms with Crippen molar-refractivity contribution >= 4 is 11.8 Å². The Morgan fingerprint density at radius 1 is 1.10 bits per heavy atom. The maximum atomic E-state index is 12.6. The quantitative estimate of drug-likeness (QED) is 0.828. The molecule has 0 radical (unpaired) electrons. The largest absolute Gasteiger partial charge is 0.361 e. The van der Waals surface area contributed by atoms with Gasteiger partial charge in [-0.15, -0.1) is 0 Å². The molecule has 0 spiro atoms. The molecule has 4 rings (SSSR count). The van der Waals surface area contributed by atoms with Crippen LogP contribution in [-0.2, 0) is 11.2 Å². The molecule has 1 aliphatic heterocycles. The molecule has 0 unspecified atom stereocenters. The van der Waals surface area contributed by atoms with E-state index in [1.54, 1.807) is 6.07 Å². The summed E-state index contributed by atoms with van der Waals surface area (Å²) in [5, 5.41) is 11.1. The average Bonchev–Trinajstić information content (AvgIpc) is 3.47. The molecule has 156 valence electrons. The highest BCUT2D eigenvalue weighted by Gasteiger charge is 2.28. The summed E-state index contributed by atoms with van der Waals surface area (Å²) < 4.78 is 10.5. The summed E-state index contributed by atoms with van der Waals surface area (Å²) in [5.74, 6) is 1.10. The number of nitrogens with one attached hydrogen (secondary N) is 1. The van der Waals surface area contributed by atoms with Crippen LogP contribution in [0.4, 0.5) is 0 Å². The number of aryl methyl sites for hydroxylation is 2. The first kappa shape index (κ1) is 19.7. The molecular formula is C21H28N4O4. The summed E-state index contributed by atoms with van der Waals surface area (Å²) in [7, 11) is 0. The Kier molecular flexibility index (Phi) is 5.69. The molecule has 29 heavy (non-hydrogen) atoms. The lowest BCUT2D eigenvalue weighted by Crippen LogP contribution is -2.39. The number of carbonyl (C=O) groups excluding carboxylic acids is 2. The highest BCUT2D eigenvalue weighted by Crippen LogP contribution is 2.28.